The first-order chi connectivity index (χ1) is 58.2. The third kappa shape index (κ3) is 93.5. The molecule has 0 aromatic carbocycles. The third-order valence-electron chi connectivity index (χ3n) is 19.9. The topological polar surface area (TPSA) is 231 Å². The molecule has 0 heterocycles. The number of hydrogen-bond donors (Lipinski definition) is 4. The summed E-state index contributed by atoms with van der Waals surface area (Å²) >= 11 is 0. The van der Waals surface area contributed by atoms with E-state index in [1.165, 1.54) is 212 Å². The second-order valence-corrected chi connectivity index (χ2v) is 34.3. The van der Waals surface area contributed by atoms with Gasteiger partial charge in [0.05, 0.1) is 26.4 Å². The zero-order chi connectivity index (χ0) is 86.5. The maximum atomic E-state index is 13.0. The van der Waals surface area contributed by atoms with Crippen LogP contribution in [0.25, 0.3) is 0 Å². The molecule has 0 amide bonds. The van der Waals surface area contributed by atoms with Crippen molar-refractivity contribution in [1.29, 1.82) is 0 Å². The van der Waals surface area contributed by atoms with Crippen molar-refractivity contribution in [2.24, 2.45) is 0 Å². The number of allylic oxidation sites excluding steroid dienone is 28. The molecule has 0 radical (unpaired) electrons. The van der Waals surface area contributed by atoms with E-state index in [4.69, 9.17) is 32.3 Å². The van der Waals surface area contributed by atoms with Gasteiger partial charge in [0.25, 0.3) is 0 Å². The minimum absolute atomic E-state index is 0.0241. The summed E-state index contributed by atoms with van der Waals surface area (Å²) in [6.07, 6.45) is 120. The Morgan fingerprint density at radius 1 is 0.244 bits per heavy atom. The van der Waals surface area contributed by atoms with E-state index >= 15 is 0 Å². The molecule has 16 nitrogen and oxygen atoms in total. The predicted octanol–water partition coefficient (Wildman–Crippen LogP) is 29.4. The summed E-state index contributed by atoms with van der Waals surface area (Å²) in [7, 11) is -9.84. The lowest BCUT2D eigenvalue weighted by molar-refractivity contribution is -0.161. The second-order valence-electron chi connectivity index (χ2n) is 31.4. The standard InChI is InChI=1S/C101H172O16P2/c1-4-7-10-13-16-19-22-25-28-31-34-36-38-40-42-44-46-47-49-51-52-54-56-58-61-63-66-69-72-75-78-81-84-87-99(104)111-90-96(102)91-113-118(107,108)114-92-97(103)93-115-119(109,110)116-95-98(117-101(106)89-86-83-80-77-74-71-68-65-60-33-30-27-24-21-18-15-12-9-6-3)94-112-100(105)88-85-82-79-76-73-70-67-64-62-59-57-55-53-50-48-45-43-41-39-37-35-32-29-26-23-20-17-14-11-8-5-2/h9,12,16-21,25-30,34-37,40-43,60,65,71,74,80,83,96-98,102-103H,4-8,10-11,13-15,22-24,31-33,38-39,44-59,61-64,66-70,72-73,75-79,81-82,84-95H2,1-3H3,(H,107,108)(H,109,110)/b12-9-,19-16-,20-17-,21-18-,28-25-,29-26-,30-27-,36-34-,37-35-,42-40-,43-41-,65-60-,74-71-,83-80-. The molecule has 5 atom stereocenters. The number of phosphoric acid groups is 2. The summed E-state index contributed by atoms with van der Waals surface area (Å²) in [4.78, 5) is 58.9. The lowest BCUT2D eigenvalue weighted by atomic mass is 10.0. The summed E-state index contributed by atoms with van der Waals surface area (Å²) in [6.45, 7) is 2.46. The Balaban J connectivity index is 4.56. The van der Waals surface area contributed by atoms with E-state index < -0.39 is 91.5 Å². The number of unbranched alkanes of at least 4 members (excludes halogenated alkanes) is 38. The van der Waals surface area contributed by atoms with Crippen molar-refractivity contribution in [3.05, 3.63) is 170 Å². The molecule has 5 unspecified atom stereocenters. The summed E-state index contributed by atoms with van der Waals surface area (Å²) in [5.41, 5.74) is 0. The Labute approximate surface area is 726 Å². The van der Waals surface area contributed by atoms with Crippen LogP contribution in [0.4, 0.5) is 0 Å². The van der Waals surface area contributed by atoms with Crippen molar-refractivity contribution < 1.29 is 75.8 Å². The Morgan fingerprint density at radius 3 is 0.739 bits per heavy atom. The van der Waals surface area contributed by atoms with E-state index in [9.17, 15) is 43.5 Å². The molecule has 0 saturated carbocycles. The van der Waals surface area contributed by atoms with Crippen LogP contribution in [0.5, 0.6) is 0 Å². The molecule has 0 spiro atoms. The highest BCUT2D eigenvalue weighted by molar-refractivity contribution is 7.47. The van der Waals surface area contributed by atoms with E-state index in [1.54, 1.807) is 0 Å². The van der Waals surface area contributed by atoms with Crippen LogP contribution in [0.15, 0.2) is 170 Å². The largest absolute Gasteiger partial charge is 0.472 e. The fourth-order valence-corrected chi connectivity index (χ4v) is 14.3. The molecule has 119 heavy (non-hydrogen) atoms. The Bertz CT molecular complexity index is 2840. The van der Waals surface area contributed by atoms with Gasteiger partial charge in [0.1, 0.15) is 25.4 Å². The second kappa shape index (κ2) is 92.1. The van der Waals surface area contributed by atoms with Crippen molar-refractivity contribution in [2.75, 3.05) is 39.6 Å². The number of aliphatic hydroxyl groups excluding tert-OH is 2. The van der Waals surface area contributed by atoms with Crippen LogP contribution in [0.1, 0.15) is 393 Å². The minimum atomic E-state index is -4.96. The van der Waals surface area contributed by atoms with Gasteiger partial charge in [-0.25, -0.2) is 9.13 Å². The lowest BCUT2D eigenvalue weighted by Crippen LogP contribution is -2.29. The molecular formula is C101H172O16P2. The van der Waals surface area contributed by atoms with Gasteiger partial charge in [-0.1, -0.05) is 396 Å². The van der Waals surface area contributed by atoms with Gasteiger partial charge in [-0.15, -0.1) is 0 Å². The molecule has 0 aliphatic rings. The van der Waals surface area contributed by atoms with E-state index in [2.05, 4.69) is 173 Å². The molecule has 4 N–H and O–H groups in total. The van der Waals surface area contributed by atoms with Crippen LogP contribution in [-0.4, -0.2) is 95.9 Å². The normalized spacial score (nSPS) is 14.5. The molecule has 0 aromatic heterocycles. The number of esters is 3. The third-order valence-corrected chi connectivity index (χ3v) is 21.8. The number of rotatable bonds is 89. The molecule has 18 heteroatoms. The first-order valence-corrected chi connectivity index (χ1v) is 50.4. The average Bonchev–Trinajstić information content (AvgIpc) is 0.903. The summed E-state index contributed by atoms with van der Waals surface area (Å²) in [5.74, 6) is -1.67. The van der Waals surface area contributed by atoms with Crippen molar-refractivity contribution in [1.82, 2.24) is 0 Å². The van der Waals surface area contributed by atoms with Gasteiger partial charge in [-0.2, -0.15) is 0 Å². The number of hydrogen-bond acceptors (Lipinski definition) is 14. The lowest BCUT2D eigenvalue weighted by Gasteiger charge is -2.21. The highest BCUT2D eigenvalue weighted by atomic mass is 31.2. The van der Waals surface area contributed by atoms with E-state index in [-0.39, 0.29) is 19.3 Å². The van der Waals surface area contributed by atoms with Crippen LogP contribution in [-0.2, 0) is 55.8 Å². The maximum Gasteiger partial charge on any atom is 0.472 e. The van der Waals surface area contributed by atoms with Crippen molar-refractivity contribution in [3.8, 4) is 0 Å². The Kier molecular flexibility index (Phi) is 88.2. The van der Waals surface area contributed by atoms with E-state index in [0.29, 0.717) is 25.7 Å². The SMILES string of the molecule is CC/C=C\C/C=C\C/C=C\C/C=C\C/C=C\C/C=C\CCC(=O)OC(COC(=O)CCCCCCCCCCCCCCCCC/C=C\C/C=C\C/C=C\C/C=C\CCCCC)COP(=O)(O)OCC(O)COP(=O)(O)OCC(O)COC(=O)CCCCCCCCCCCCCCCCCCC/C=C\C/C=C\C/C=C\C/C=C\CCCCC. The van der Waals surface area contributed by atoms with Crippen molar-refractivity contribution in [3.63, 3.8) is 0 Å². The summed E-state index contributed by atoms with van der Waals surface area (Å²) in [5, 5.41) is 20.7. The molecule has 0 aliphatic carbocycles. The Morgan fingerprint density at radius 2 is 0.462 bits per heavy atom. The molecule has 0 rings (SSSR count). The van der Waals surface area contributed by atoms with Gasteiger partial charge in [0, 0.05) is 19.3 Å². The zero-order valence-electron chi connectivity index (χ0n) is 75.2. The summed E-state index contributed by atoms with van der Waals surface area (Å²) in [6, 6.07) is 0. The first kappa shape index (κ1) is 114. The van der Waals surface area contributed by atoms with E-state index in [0.717, 1.165) is 116 Å². The molecule has 682 valence electrons. The average molecular weight is 1700 g/mol. The van der Waals surface area contributed by atoms with Crippen molar-refractivity contribution in [2.45, 2.75) is 411 Å². The molecule has 0 saturated heterocycles. The molecule has 0 aromatic rings. The highest BCUT2D eigenvalue weighted by Crippen LogP contribution is 2.45. The van der Waals surface area contributed by atoms with Crippen LogP contribution in [0.3, 0.4) is 0 Å². The van der Waals surface area contributed by atoms with E-state index in [1.807, 2.05) is 18.2 Å². The monoisotopic (exact) mass is 1700 g/mol. The minimum Gasteiger partial charge on any atom is -0.463 e. The smallest absolute Gasteiger partial charge is 0.463 e. The first-order valence-electron chi connectivity index (χ1n) is 47.4. The van der Waals surface area contributed by atoms with Gasteiger partial charge in [-0.05, 0) is 148 Å². The van der Waals surface area contributed by atoms with Crippen LogP contribution >= 0.6 is 15.6 Å². The van der Waals surface area contributed by atoms with Gasteiger partial charge >= 0.3 is 33.6 Å². The Hall–Kier alpha value is -5.09. The number of aliphatic hydroxyl groups is 2. The number of carbonyl (C=O) groups excluding carboxylic acids is 3. The predicted molar refractivity (Wildman–Crippen MR) is 500 cm³/mol. The fraction of sp³-hybridized carbons (Fsp3) is 0.693. The molecule has 0 aliphatic heterocycles. The fourth-order valence-electron chi connectivity index (χ4n) is 12.7. The van der Waals surface area contributed by atoms with Gasteiger partial charge in [0.2, 0.25) is 0 Å². The molecular weight excluding hydrogens is 1530 g/mol. The number of phosphoric ester groups is 2. The van der Waals surface area contributed by atoms with Crippen molar-refractivity contribution >= 4 is 33.6 Å². The number of ether oxygens (including phenoxy) is 3. The highest BCUT2D eigenvalue weighted by Gasteiger charge is 2.29. The van der Waals surface area contributed by atoms with Crippen LogP contribution in [0.2, 0.25) is 0 Å². The zero-order valence-corrected chi connectivity index (χ0v) is 77.0. The maximum absolute atomic E-state index is 13.0. The van der Waals surface area contributed by atoms with Crippen LogP contribution < -0.4 is 0 Å². The van der Waals surface area contributed by atoms with Gasteiger partial charge < -0.3 is 34.2 Å². The molecule has 0 bridgehead atoms. The van der Waals surface area contributed by atoms with Crippen LogP contribution in [0, 0.1) is 0 Å². The van der Waals surface area contributed by atoms with Gasteiger partial charge in [0.15, 0.2) is 6.10 Å². The summed E-state index contributed by atoms with van der Waals surface area (Å²) < 4.78 is 61.4. The van der Waals surface area contributed by atoms with Gasteiger partial charge in [-0.3, -0.25) is 32.5 Å². The quantitative estimate of drug-likeness (QED) is 0.0146. The number of carbonyl (C=O) groups is 3. The molecule has 0 fully saturated rings.